The summed E-state index contributed by atoms with van der Waals surface area (Å²) < 4.78 is 25.7. The Kier molecular flexibility index (Phi) is 6.11. The molecule has 0 aliphatic carbocycles. The number of rotatable bonds is 8. The number of alkyl halides is 1. The highest BCUT2D eigenvalue weighted by atomic mass is 32.1. The van der Waals surface area contributed by atoms with Crippen molar-refractivity contribution in [3.63, 3.8) is 0 Å². The maximum absolute atomic E-state index is 13.3. The van der Waals surface area contributed by atoms with Crippen molar-refractivity contribution in [2.45, 2.75) is 5.54 Å². The first-order valence-corrected chi connectivity index (χ1v) is 9.27. The summed E-state index contributed by atoms with van der Waals surface area (Å²) in [4.78, 5) is 41.5. The van der Waals surface area contributed by atoms with Crippen molar-refractivity contribution in [3.8, 4) is 0 Å². The summed E-state index contributed by atoms with van der Waals surface area (Å²) in [7, 11) is 0. The predicted octanol–water partition coefficient (Wildman–Crippen LogP) is 1.05. The van der Waals surface area contributed by atoms with Gasteiger partial charge in [-0.15, -0.1) is 16.4 Å². The lowest BCUT2D eigenvalue weighted by Crippen LogP contribution is -2.52. The molecule has 2 aromatic rings. The number of thiazole rings is 1. The SMILES string of the molecule is C=C/C=C(\C=C(\F)CF)n1ncc(C(=O)NCC2(c3nccs3)NC(=O)NC2=O)n1. The van der Waals surface area contributed by atoms with E-state index < -0.39 is 35.9 Å². The zero-order valence-corrected chi connectivity index (χ0v) is 16.1. The van der Waals surface area contributed by atoms with Gasteiger partial charge in [-0.3, -0.25) is 14.9 Å². The van der Waals surface area contributed by atoms with E-state index in [1.807, 2.05) is 0 Å². The molecule has 1 saturated heterocycles. The van der Waals surface area contributed by atoms with E-state index in [-0.39, 0.29) is 22.9 Å². The molecule has 13 heteroatoms. The minimum absolute atomic E-state index is 0.0425. The van der Waals surface area contributed by atoms with Gasteiger partial charge >= 0.3 is 6.03 Å². The molecule has 0 spiro atoms. The van der Waals surface area contributed by atoms with E-state index in [2.05, 4.69) is 37.7 Å². The number of imide groups is 1. The van der Waals surface area contributed by atoms with Crippen molar-refractivity contribution in [2.24, 2.45) is 0 Å². The highest BCUT2D eigenvalue weighted by Gasteiger charge is 2.50. The van der Waals surface area contributed by atoms with E-state index in [1.165, 1.54) is 18.3 Å². The van der Waals surface area contributed by atoms with Crippen molar-refractivity contribution >= 4 is 34.9 Å². The van der Waals surface area contributed by atoms with Crippen LogP contribution in [0.25, 0.3) is 5.70 Å². The molecule has 1 aliphatic heterocycles. The molecule has 0 bridgehead atoms. The molecule has 0 aromatic carbocycles. The lowest BCUT2D eigenvalue weighted by Gasteiger charge is -2.23. The van der Waals surface area contributed by atoms with Crippen LogP contribution in [0.5, 0.6) is 0 Å². The number of carbonyl (C=O) groups is 3. The van der Waals surface area contributed by atoms with Crippen LogP contribution < -0.4 is 16.0 Å². The second-order valence-electron chi connectivity index (χ2n) is 5.90. The van der Waals surface area contributed by atoms with Crippen LogP contribution in [0.4, 0.5) is 13.6 Å². The minimum atomic E-state index is -1.56. The van der Waals surface area contributed by atoms with Gasteiger partial charge in [-0.1, -0.05) is 12.7 Å². The van der Waals surface area contributed by atoms with Crippen LogP contribution in [0.15, 0.2) is 48.4 Å². The van der Waals surface area contributed by atoms with Gasteiger partial charge in [0.15, 0.2) is 11.2 Å². The summed E-state index contributed by atoms with van der Waals surface area (Å²) in [5.74, 6) is -2.42. The fourth-order valence-corrected chi connectivity index (χ4v) is 3.35. The molecular formula is C17H15F2N7O3S. The molecule has 1 aliphatic rings. The van der Waals surface area contributed by atoms with E-state index in [9.17, 15) is 23.2 Å². The first-order chi connectivity index (χ1) is 14.4. The monoisotopic (exact) mass is 435 g/mol. The van der Waals surface area contributed by atoms with Crippen molar-refractivity contribution < 1.29 is 23.2 Å². The van der Waals surface area contributed by atoms with E-state index in [4.69, 9.17) is 0 Å². The number of amides is 4. The van der Waals surface area contributed by atoms with Gasteiger partial charge < -0.3 is 10.6 Å². The summed E-state index contributed by atoms with van der Waals surface area (Å²) in [6, 6.07) is -0.712. The van der Waals surface area contributed by atoms with Crippen LogP contribution in [0, 0.1) is 0 Å². The Hall–Kier alpha value is -3.74. The average molecular weight is 435 g/mol. The molecule has 30 heavy (non-hydrogen) atoms. The third-order valence-electron chi connectivity index (χ3n) is 3.93. The second kappa shape index (κ2) is 8.73. The normalized spacial score (nSPS) is 19.4. The van der Waals surface area contributed by atoms with Gasteiger partial charge in [-0.05, 0) is 12.2 Å². The van der Waals surface area contributed by atoms with Gasteiger partial charge in [0, 0.05) is 11.6 Å². The number of nitrogens with one attached hydrogen (secondary N) is 3. The molecule has 3 N–H and O–H groups in total. The van der Waals surface area contributed by atoms with Gasteiger partial charge in [0.25, 0.3) is 11.8 Å². The summed E-state index contributed by atoms with van der Waals surface area (Å²) in [6.45, 7) is 1.87. The highest BCUT2D eigenvalue weighted by Crippen LogP contribution is 2.26. The van der Waals surface area contributed by atoms with Crippen LogP contribution in [-0.4, -0.2) is 51.0 Å². The molecule has 2 aromatic heterocycles. The van der Waals surface area contributed by atoms with Crippen LogP contribution in [0.2, 0.25) is 0 Å². The molecule has 3 heterocycles. The van der Waals surface area contributed by atoms with E-state index >= 15 is 0 Å². The fourth-order valence-electron chi connectivity index (χ4n) is 2.56. The Bertz CT molecular complexity index is 1050. The number of nitrogens with zero attached hydrogens (tertiary/aromatic N) is 4. The Morgan fingerprint density at radius 3 is 2.83 bits per heavy atom. The highest BCUT2D eigenvalue weighted by molar-refractivity contribution is 7.09. The van der Waals surface area contributed by atoms with Gasteiger partial charge in [0.1, 0.15) is 17.5 Å². The molecule has 0 saturated carbocycles. The molecule has 4 amide bonds. The van der Waals surface area contributed by atoms with Gasteiger partial charge in [-0.25, -0.2) is 18.6 Å². The van der Waals surface area contributed by atoms with Gasteiger partial charge in [-0.2, -0.15) is 9.90 Å². The minimum Gasteiger partial charge on any atom is -0.347 e. The lowest BCUT2D eigenvalue weighted by atomic mass is 10.0. The first-order valence-electron chi connectivity index (χ1n) is 8.39. The lowest BCUT2D eigenvalue weighted by molar-refractivity contribution is -0.124. The summed E-state index contributed by atoms with van der Waals surface area (Å²) in [5, 5.41) is 16.8. The number of halogens is 2. The van der Waals surface area contributed by atoms with Crippen LogP contribution in [-0.2, 0) is 10.3 Å². The molecule has 0 radical (unpaired) electrons. The van der Waals surface area contributed by atoms with Crippen LogP contribution in [0.3, 0.4) is 0 Å². The number of hydrogen-bond acceptors (Lipinski definition) is 7. The van der Waals surface area contributed by atoms with Crippen molar-refractivity contribution in [1.29, 1.82) is 0 Å². The molecule has 1 atom stereocenters. The zero-order valence-electron chi connectivity index (χ0n) is 15.3. The molecule has 1 unspecified atom stereocenters. The molecular weight excluding hydrogens is 420 g/mol. The van der Waals surface area contributed by atoms with Crippen LogP contribution in [0.1, 0.15) is 15.5 Å². The second-order valence-corrected chi connectivity index (χ2v) is 6.80. The quantitative estimate of drug-likeness (QED) is 0.420. The number of aromatic nitrogens is 4. The first kappa shape index (κ1) is 21.0. The predicted molar refractivity (Wildman–Crippen MR) is 102 cm³/mol. The third kappa shape index (κ3) is 4.15. The number of carbonyl (C=O) groups excluding carboxylic acids is 3. The van der Waals surface area contributed by atoms with Crippen molar-refractivity contribution in [1.82, 2.24) is 35.9 Å². The van der Waals surface area contributed by atoms with Crippen molar-refractivity contribution in [3.05, 3.63) is 59.1 Å². The molecule has 1 fully saturated rings. The van der Waals surface area contributed by atoms with E-state index in [0.29, 0.717) is 0 Å². The molecule has 10 nitrogen and oxygen atoms in total. The number of allylic oxidation sites excluding steroid dienone is 5. The molecule has 156 valence electrons. The average Bonchev–Trinajstić information content (AvgIpc) is 3.46. The number of urea groups is 1. The van der Waals surface area contributed by atoms with E-state index in [1.54, 1.807) is 5.38 Å². The zero-order chi connectivity index (χ0) is 21.7. The third-order valence-corrected chi connectivity index (χ3v) is 4.86. The number of hydrogen-bond donors (Lipinski definition) is 3. The van der Waals surface area contributed by atoms with Crippen molar-refractivity contribution in [2.75, 3.05) is 13.2 Å². The summed E-state index contributed by atoms with van der Waals surface area (Å²) in [6.07, 6.45) is 6.08. The standard InChI is InChI=1S/C17H15F2N7O3S/c1-2-3-11(6-10(19)7-18)26-22-8-12(25-26)13(27)21-9-17(15-20-4-5-30-15)14(28)23-16(29)24-17/h2-6,8H,1,7,9H2,(H,21,27)(H2,23,24,28,29)/b10-6+,11-3+. The Labute approximate surface area is 172 Å². The van der Waals surface area contributed by atoms with Gasteiger partial charge in [0.2, 0.25) is 0 Å². The molecule has 3 rings (SSSR count). The fraction of sp³-hybridized carbons (Fsp3) is 0.176. The summed E-state index contributed by atoms with van der Waals surface area (Å²) >= 11 is 1.13. The Morgan fingerprint density at radius 2 is 2.23 bits per heavy atom. The smallest absolute Gasteiger partial charge is 0.322 e. The largest absolute Gasteiger partial charge is 0.347 e. The Balaban J connectivity index is 1.78. The maximum Gasteiger partial charge on any atom is 0.322 e. The van der Waals surface area contributed by atoms with Crippen LogP contribution >= 0.6 is 11.3 Å². The maximum atomic E-state index is 13.3. The van der Waals surface area contributed by atoms with E-state index in [0.717, 1.165) is 28.4 Å². The van der Waals surface area contributed by atoms with Gasteiger partial charge in [0.05, 0.1) is 18.4 Å². The summed E-state index contributed by atoms with van der Waals surface area (Å²) in [5.41, 5.74) is -1.67. The topological polar surface area (TPSA) is 131 Å². The Morgan fingerprint density at radius 1 is 1.43 bits per heavy atom.